The first-order valence-corrected chi connectivity index (χ1v) is 9.75. The van der Waals surface area contributed by atoms with E-state index in [1.807, 2.05) is 48.9 Å². The maximum absolute atomic E-state index is 5.49. The molecule has 0 unspecified atom stereocenters. The fourth-order valence-corrected chi connectivity index (χ4v) is 3.30. The van der Waals surface area contributed by atoms with Crippen LogP contribution in [0.5, 0.6) is 5.75 Å². The molecule has 0 radical (unpaired) electrons. The van der Waals surface area contributed by atoms with Gasteiger partial charge in [0.1, 0.15) is 5.75 Å². The summed E-state index contributed by atoms with van der Waals surface area (Å²) in [4.78, 5) is 0. The van der Waals surface area contributed by atoms with Crippen LogP contribution < -0.4 is 15.4 Å². The van der Waals surface area contributed by atoms with Crippen molar-refractivity contribution in [1.29, 1.82) is 0 Å². The molecule has 0 saturated heterocycles. The average Bonchev–Trinajstić information content (AvgIpc) is 2.96. The van der Waals surface area contributed by atoms with Crippen molar-refractivity contribution in [2.24, 2.45) is 0 Å². The van der Waals surface area contributed by atoms with Crippen molar-refractivity contribution in [1.82, 2.24) is 9.78 Å². The number of aromatic nitrogens is 2. The molecule has 1 aromatic heterocycles. The van der Waals surface area contributed by atoms with Crippen LogP contribution in [0.1, 0.15) is 29.4 Å². The topological polar surface area (TPSA) is 51.1 Å². The summed E-state index contributed by atoms with van der Waals surface area (Å²) in [5.41, 5.74) is 6.28. The quantitative estimate of drug-likeness (QED) is 0.581. The van der Waals surface area contributed by atoms with Gasteiger partial charge in [0.15, 0.2) is 5.11 Å². The zero-order valence-corrected chi connectivity index (χ0v) is 17.6. The summed E-state index contributed by atoms with van der Waals surface area (Å²) in [6.45, 7) is 6.84. The van der Waals surface area contributed by atoms with Crippen molar-refractivity contribution in [2.45, 2.75) is 33.7 Å². The number of ether oxygens (including phenoxy) is 1. The summed E-state index contributed by atoms with van der Waals surface area (Å²) in [5.74, 6) is 0.844. The molecule has 1 heterocycles. The molecular weight excluding hydrogens is 368 g/mol. The molecule has 146 valence electrons. The Morgan fingerprint density at radius 2 is 1.82 bits per heavy atom. The van der Waals surface area contributed by atoms with E-state index < -0.39 is 0 Å². The second-order valence-corrected chi connectivity index (χ2v) is 7.09. The van der Waals surface area contributed by atoms with Gasteiger partial charge < -0.3 is 15.4 Å². The van der Waals surface area contributed by atoms with Gasteiger partial charge in [-0.15, -0.1) is 0 Å². The van der Waals surface area contributed by atoms with Crippen LogP contribution in [0.2, 0.25) is 0 Å². The predicted molar refractivity (Wildman–Crippen MR) is 119 cm³/mol. The van der Waals surface area contributed by atoms with Gasteiger partial charge in [0.25, 0.3) is 0 Å². The van der Waals surface area contributed by atoms with Crippen LogP contribution in [0.3, 0.4) is 0 Å². The third kappa shape index (κ3) is 4.70. The number of rotatable bonds is 6. The highest BCUT2D eigenvalue weighted by Gasteiger charge is 2.13. The second kappa shape index (κ2) is 8.89. The van der Waals surface area contributed by atoms with E-state index in [0.29, 0.717) is 11.7 Å². The van der Waals surface area contributed by atoms with E-state index in [-0.39, 0.29) is 0 Å². The van der Waals surface area contributed by atoms with Gasteiger partial charge in [-0.2, -0.15) is 5.10 Å². The van der Waals surface area contributed by atoms with Crippen LogP contribution >= 0.6 is 12.2 Å². The van der Waals surface area contributed by atoms with Gasteiger partial charge in [-0.3, -0.25) is 4.68 Å². The molecule has 0 aliphatic heterocycles. The van der Waals surface area contributed by atoms with Gasteiger partial charge in [-0.25, -0.2) is 0 Å². The molecule has 3 rings (SSSR count). The zero-order valence-electron chi connectivity index (χ0n) is 16.7. The lowest BCUT2D eigenvalue weighted by atomic mass is 10.1. The molecule has 0 spiro atoms. The van der Waals surface area contributed by atoms with Crippen LogP contribution in [0.25, 0.3) is 0 Å². The smallest absolute Gasteiger partial charge is 0.175 e. The number of aryl methyl sites for hydroxylation is 2. The van der Waals surface area contributed by atoms with Gasteiger partial charge in [-0.05, 0) is 67.9 Å². The lowest BCUT2D eigenvalue weighted by Gasteiger charge is -2.12. The molecular formula is C22H26N4OS. The van der Waals surface area contributed by atoms with E-state index in [9.17, 15) is 0 Å². The van der Waals surface area contributed by atoms with Gasteiger partial charge in [-0.1, -0.05) is 31.2 Å². The Morgan fingerprint density at radius 3 is 2.50 bits per heavy atom. The lowest BCUT2D eigenvalue weighted by molar-refractivity contribution is 0.414. The SMILES string of the molecule is CCc1ccc(NC(=S)Nc2c(C)nn(Cc3cccc(OC)c3)c2C)cc1. The van der Waals surface area contributed by atoms with Gasteiger partial charge >= 0.3 is 0 Å². The van der Waals surface area contributed by atoms with Crippen molar-refractivity contribution in [3.05, 3.63) is 71.0 Å². The van der Waals surface area contributed by atoms with Crippen molar-refractivity contribution < 1.29 is 4.74 Å². The molecule has 0 aliphatic carbocycles. The Bertz CT molecular complexity index is 963. The van der Waals surface area contributed by atoms with E-state index in [1.165, 1.54) is 5.56 Å². The molecule has 0 atom stereocenters. The Labute approximate surface area is 171 Å². The van der Waals surface area contributed by atoms with Crippen LogP contribution in [-0.2, 0) is 13.0 Å². The number of hydrogen-bond donors (Lipinski definition) is 2. The summed E-state index contributed by atoms with van der Waals surface area (Å²) < 4.78 is 7.29. The largest absolute Gasteiger partial charge is 0.497 e. The number of hydrogen-bond acceptors (Lipinski definition) is 3. The van der Waals surface area contributed by atoms with E-state index >= 15 is 0 Å². The summed E-state index contributed by atoms with van der Waals surface area (Å²) in [6, 6.07) is 16.3. The van der Waals surface area contributed by atoms with Gasteiger partial charge in [0.2, 0.25) is 0 Å². The van der Waals surface area contributed by atoms with Gasteiger partial charge in [0.05, 0.1) is 30.7 Å². The molecule has 28 heavy (non-hydrogen) atoms. The maximum Gasteiger partial charge on any atom is 0.175 e. The normalized spacial score (nSPS) is 10.6. The summed E-state index contributed by atoms with van der Waals surface area (Å²) >= 11 is 5.49. The number of nitrogens with one attached hydrogen (secondary N) is 2. The number of benzene rings is 2. The number of nitrogens with zero attached hydrogens (tertiary/aromatic N) is 2. The summed E-state index contributed by atoms with van der Waals surface area (Å²) in [7, 11) is 1.67. The molecule has 0 fully saturated rings. The maximum atomic E-state index is 5.49. The Balaban J connectivity index is 1.71. The number of methoxy groups -OCH3 is 1. The number of thiocarbonyl (C=S) groups is 1. The van der Waals surface area contributed by atoms with Crippen molar-refractivity contribution in [3.63, 3.8) is 0 Å². The monoisotopic (exact) mass is 394 g/mol. The van der Waals surface area contributed by atoms with Crippen LogP contribution in [0.4, 0.5) is 11.4 Å². The molecule has 6 heteroatoms. The lowest BCUT2D eigenvalue weighted by Crippen LogP contribution is -2.20. The molecule has 2 N–H and O–H groups in total. The zero-order chi connectivity index (χ0) is 20.1. The summed E-state index contributed by atoms with van der Waals surface area (Å²) in [5, 5.41) is 11.8. The third-order valence-corrected chi connectivity index (χ3v) is 4.91. The Hall–Kier alpha value is -2.86. The van der Waals surface area contributed by atoms with E-state index in [1.54, 1.807) is 7.11 Å². The molecule has 0 amide bonds. The standard InChI is InChI=1S/C22H26N4OS/c1-5-17-9-11-19(12-10-17)23-22(28)24-21-15(2)25-26(16(21)3)14-18-7-6-8-20(13-18)27-4/h6-13H,5,14H2,1-4H3,(H2,23,24,28). The van der Waals surface area contributed by atoms with E-state index in [0.717, 1.165) is 40.5 Å². The fourth-order valence-electron chi connectivity index (χ4n) is 3.08. The van der Waals surface area contributed by atoms with E-state index in [4.69, 9.17) is 17.0 Å². The third-order valence-electron chi connectivity index (χ3n) is 4.71. The molecule has 0 aliphatic rings. The van der Waals surface area contributed by atoms with E-state index in [2.05, 4.69) is 40.9 Å². The Kier molecular flexibility index (Phi) is 6.31. The molecule has 0 saturated carbocycles. The highest BCUT2D eigenvalue weighted by Crippen LogP contribution is 2.22. The first-order chi connectivity index (χ1) is 13.5. The van der Waals surface area contributed by atoms with Crippen LogP contribution in [0, 0.1) is 13.8 Å². The predicted octanol–water partition coefficient (Wildman–Crippen LogP) is 4.93. The highest BCUT2D eigenvalue weighted by molar-refractivity contribution is 7.80. The second-order valence-electron chi connectivity index (χ2n) is 6.68. The highest BCUT2D eigenvalue weighted by atomic mass is 32.1. The first-order valence-electron chi connectivity index (χ1n) is 9.34. The van der Waals surface area contributed by atoms with Gasteiger partial charge in [0, 0.05) is 5.69 Å². The minimum absolute atomic E-state index is 0.552. The van der Waals surface area contributed by atoms with Crippen LogP contribution in [-0.4, -0.2) is 22.0 Å². The molecule has 3 aromatic rings. The number of anilines is 2. The molecule has 5 nitrogen and oxygen atoms in total. The summed E-state index contributed by atoms with van der Waals surface area (Å²) in [6.07, 6.45) is 1.02. The minimum Gasteiger partial charge on any atom is -0.497 e. The van der Waals surface area contributed by atoms with Crippen molar-refractivity contribution in [2.75, 3.05) is 17.7 Å². The average molecular weight is 395 g/mol. The van der Waals surface area contributed by atoms with Crippen LogP contribution in [0.15, 0.2) is 48.5 Å². The molecule has 2 aromatic carbocycles. The van der Waals surface area contributed by atoms with Crippen molar-refractivity contribution in [3.8, 4) is 5.75 Å². The molecule has 0 bridgehead atoms. The van der Waals surface area contributed by atoms with Crippen molar-refractivity contribution >= 4 is 28.7 Å². The first kappa shape index (κ1) is 19.9. The minimum atomic E-state index is 0.552. The fraction of sp³-hybridized carbons (Fsp3) is 0.273. The Morgan fingerprint density at radius 1 is 1.07 bits per heavy atom.